The van der Waals surface area contributed by atoms with Crippen LogP contribution in [0.15, 0.2) is 78.9 Å². The maximum atomic E-state index is 5.04. The molecule has 5 rings (SSSR count). The van der Waals surface area contributed by atoms with Gasteiger partial charge in [-0.15, -0.1) is 12.1 Å². The van der Waals surface area contributed by atoms with E-state index in [4.69, 9.17) is 10.2 Å². The van der Waals surface area contributed by atoms with E-state index in [-0.39, 0.29) is 21.1 Å². The first-order chi connectivity index (χ1) is 17.8. The molecule has 0 saturated heterocycles. The number of aryl methyl sites for hydroxylation is 2. The second-order valence-corrected chi connectivity index (χ2v) is 10.1. The van der Waals surface area contributed by atoms with Crippen molar-refractivity contribution < 1.29 is 21.1 Å². The molecule has 5 aromatic rings. The van der Waals surface area contributed by atoms with Crippen LogP contribution in [0.2, 0.25) is 0 Å². The van der Waals surface area contributed by atoms with Crippen LogP contribution < -0.4 is 4.90 Å². The summed E-state index contributed by atoms with van der Waals surface area (Å²) < 4.78 is 3.92. The number of nitrogens with zero attached hydrogens (tertiary/aromatic N) is 5. The molecule has 0 aliphatic heterocycles. The third kappa shape index (κ3) is 5.54. The second-order valence-electron chi connectivity index (χ2n) is 10.1. The van der Waals surface area contributed by atoms with Gasteiger partial charge in [0.1, 0.15) is 0 Å². The monoisotopic (exact) mass is 682 g/mol. The molecule has 0 aliphatic carbocycles. The van der Waals surface area contributed by atoms with Crippen molar-refractivity contribution in [1.82, 2.24) is 19.6 Å². The quantitative estimate of drug-likeness (QED) is 0.164. The van der Waals surface area contributed by atoms with Crippen LogP contribution in [-0.4, -0.2) is 19.6 Å². The molecule has 0 radical (unpaired) electrons. The van der Waals surface area contributed by atoms with Crippen molar-refractivity contribution in [2.75, 3.05) is 4.90 Å². The van der Waals surface area contributed by atoms with Crippen molar-refractivity contribution >= 4 is 17.3 Å². The smallest absolute Gasteiger partial charge is 0.276 e. The Morgan fingerprint density at radius 1 is 0.658 bits per heavy atom. The van der Waals surface area contributed by atoms with E-state index in [1.807, 2.05) is 39.7 Å². The van der Waals surface area contributed by atoms with Crippen molar-refractivity contribution in [1.29, 1.82) is 0 Å². The molecule has 0 saturated carbocycles. The predicted octanol–water partition coefficient (Wildman–Crippen LogP) is 7.99. The molecule has 6 heteroatoms. The van der Waals surface area contributed by atoms with Crippen molar-refractivity contribution in [3.63, 3.8) is 0 Å². The Labute approximate surface area is 240 Å². The van der Waals surface area contributed by atoms with Crippen LogP contribution in [0, 0.1) is 26.0 Å². The zero-order valence-corrected chi connectivity index (χ0v) is 25.0. The minimum Gasteiger partial charge on any atom is -0.276 e. The van der Waals surface area contributed by atoms with Gasteiger partial charge in [0.25, 0.3) is 0 Å². The van der Waals surface area contributed by atoms with E-state index in [9.17, 15) is 0 Å². The molecule has 0 amide bonds. The second kappa shape index (κ2) is 11.5. The number of anilines is 3. The summed E-state index contributed by atoms with van der Waals surface area (Å²) in [6.45, 7) is 12.9. The summed E-state index contributed by atoms with van der Waals surface area (Å²) in [6.07, 6.45) is 0. The zero-order valence-electron chi connectivity index (χ0n) is 22.7. The summed E-state index contributed by atoms with van der Waals surface area (Å²) in [5, 5.41) is 10.1. The molecule has 5 nitrogen and oxygen atoms in total. The standard InChI is InChI=1S/C32H33N5.Pt/c1-22(2)26-12-10-16-29(20-26)36-24(5)18-31(33-36)35(28-14-8-7-9-15-28)32-19-25(6)37(34-32)30-17-11-13-27(21-30)23(3)4;/h7-15,18-23H,1-6H3;/q-2;+2. The molecule has 0 spiro atoms. The van der Waals surface area contributed by atoms with E-state index in [1.54, 1.807) is 0 Å². The molecule has 0 bridgehead atoms. The van der Waals surface area contributed by atoms with Crippen LogP contribution in [0.1, 0.15) is 62.0 Å². The van der Waals surface area contributed by atoms with Crippen LogP contribution in [-0.2, 0) is 21.1 Å². The summed E-state index contributed by atoms with van der Waals surface area (Å²) >= 11 is 0. The molecule has 2 aromatic heterocycles. The van der Waals surface area contributed by atoms with Gasteiger partial charge in [-0.05, 0) is 49.2 Å². The van der Waals surface area contributed by atoms with E-state index >= 15 is 0 Å². The van der Waals surface area contributed by atoms with E-state index in [0.29, 0.717) is 11.8 Å². The Balaban J connectivity index is 0.00000336. The minimum atomic E-state index is 0. The molecule has 0 unspecified atom stereocenters. The molecule has 0 N–H and O–H groups in total. The van der Waals surface area contributed by atoms with Crippen molar-refractivity contribution in [2.24, 2.45) is 0 Å². The summed E-state index contributed by atoms with van der Waals surface area (Å²) in [5.41, 5.74) is 7.45. The third-order valence-electron chi connectivity index (χ3n) is 6.63. The van der Waals surface area contributed by atoms with Gasteiger partial charge in [0.2, 0.25) is 0 Å². The zero-order chi connectivity index (χ0) is 26.1. The molecule has 3 aromatic carbocycles. The van der Waals surface area contributed by atoms with Gasteiger partial charge in [-0.25, -0.2) is 0 Å². The Kier molecular flexibility index (Phi) is 8.37. The van der Waals surface area contributed by atoms with Crippen LogP contribution in [0.4, 0.5) is 17.3 Å². The van der Waals surface area contributed by atoms with Gasteiger partial charge >= 0.3 is 21.1 Å². The number of rotatable bonds is 7. The first-order valence-electron chi connectivity index (χ1n) is 12.8. The van der Waals surface area contributed by atoms with Crippen molar-refractivity contribution in [2.45, 2.75) is 53.4 Å². The first-order valence-corrected chi connectivity index (χ1v) is 12.8. The van der Waals surface area contributed by atoms with E-state index in [0.717, 1.165) is 40.1 Å². The van der Waals surface area contributed by atoms with E-state index in [1.165, 1.54) is 11.1 Å². The maximum Gasteiger partial charge on any atom is 2.00 e. The summed E-state index contributed by atoms with van der Waals surface area (Å²) in [6, 6.07) is 33.7. The fraction of sp³-hybridized carbons (Fsp3) is 0.250. The Morgan fingerprint density at radius 3 is 1.53 bits per heavy atom. The molecule has 0 aliphatic rings. The van der Waals surface area contributed by atoms with Crippen LogP contribution in [0.3, 0.4) is 0 Å². The van der Waals surface area contributed by atoms with Crippen LogP contribution in [0.5, 0.6) is 0 Å². The fourth-order valence-electron chi connectivity index (χ4n) is 4.49. The fourth-order valence-corrected chi connectivity index (χ4v) is 4.49. The number of hydrogen-bond acceptors (Lipinski definition) is 3. The van der Waals surface area contributed by atoms with Gasteiger partial charge in [0.15, 0.2) is 11.6 Å². The molecule has 0 fully saturated rings. The number of benzene rings is 3. The van der Waals surface area contributed by atoms with Gasteiger partial charge in [-0.2, -0.15) is 57.7 Å². The Hall–Kier alpha value is -3.43. The topological polar surface area (TPSA) is 38.9 Å². The first kappa shape index (κ1) is 27.6. The van der Waals surface area contributed by atoms with Gasteiger partial charge < -0.3 is 0 Å². The number of aromatic nitrogens is 4. The number of hydrogen-bond donors (Lipinski definition) is 0. The molecule has 2 heterocycles. The summed E-state index contributed by atoms with van der Waals surface area (Å²) in [7, 11) is 0. The van der Waals surface area contributed by atoms with Crippen LogP contribution >= 0.6 is 0 Å². The van der Waals surface area contributed by atoms with Gasteiger partial charge in [0.05, 0.1) is 0 Å². The average molecular weight is 683 g/mol. The molecular weight excluding hydrogens is 649 g/mol. The summed E-state index contributed by atoms with van der Waals surface area (Å²) in [5.74, 6) is 2.47. The predicted molar refractivity (Wildman–Crippen MR) is 151 cm³/mol. The molecular formula is C32H33N5Pt. The van der Waals surface area contributed by atoms with Gasteiger partial charge in [-0.3, -0.25) is 14.3 Å². The summed E-state index contributed by atoms with van der Waals surface area (Å²) in [4.78, 5) is 2.10. The van der Waals surface area contributed by atoms with Crippen molar-refractivity contribution in [3.05, 3.63) is 114 Å². The van der Waals surface area contributed by atoms with Crippen LogP contribution in [0.25, 0.3) is 11.4 Å². The minimum absolute atomic E-state index is 0. The van der Waals surface area contributed by atoms with E-state index in [2.05, 4.69) is 107 Å². The van der Waals surface area contributed by atoms with Crippen molar-refractivity contribution in [3.8, 4) is 11.4 Å². The normalized spacial score (nSPS) is 11.2. The maximum absolute atomic E-state index is 5.04. The average Bonchev–Trinajstić information content (AvgIpc) is 3.47. The molecule has 0 atom stereocenters. The Morgan fingerprint density at radius 2 is 1.11 bits per heavy atom. The SMILES string of the molecule is Cc1cc(N(c2ccccc2)c2cc(C)n(-c3[c-]ccc(C(C)C)c3)n2)nn1-c1[c-]ccc(C(C)C)c1.[Pt+2]. The largest absolute Gasteiger partial charge is 2.00 e. The molecule has 196 valence electrons. The van der Waals surface area contributed by atoms with Gasteiger partial charge in [0, 0.05) is 29.2 Å². The van der Waals surface area contributed by atoms with Gasteiger partial charge in [-0.1, -0.05) is 45.9 Å². The Bertz CT molecular complexity index is 1420. The third-order valence-corrected chi connectivity index (χ3v) is 6.63. The number of para-hydroxylation sites is 1. The molecule has 38 heavy (non-hydrogen) atoms. The van der Waals surface area contributed by atoms with E-state index < -0.39 is 0 Å².